The maximum atomic E-state index is 5.24. The van der Waals surface area contributed by atoms with E-state index in [2.05, 4.69) is 36.3 Å². The van der Waals surface area contributed by atoms with Gasteiger partial charge in [-0.05, 0) is 37.0 Å². The van der Waals surface area contributed by atoms with Crippen LogP contribution in [-0.4, -0.2) is 22.1 Å². The highest BCUT2D eigenvalue weighted by atomic mass is 16.5. The molecule has 2 rings (SSSR count). The van der Waals surface area contributed by atoms with Crippen molar-refractivity contribution >= 4 is 0 Å². The van der Waals surface area contributed by atoms with Crippen molar-refractivity contribution < 1.29 is 4.74 Å². The molecular weight excluding hydrogens is 226 g/mol. The van der Waals surface area contributed by atoms with Crippen LogP contribution in [-0.2, 0) is 13.0 Å². The molecule has 1 atom stereocenters. The molecule has 0 spiro atoms. The van der Waals surface area contributed by atoms with Crippen LogP contribution in [0.1, 0.15) is 31.0 Å². The van der Waals surface area contributed by atoms with Gasteiger partial charge >= 0.3 is 0 Å². The summed E-state index contributed by atoms with van der Waals surface area (Å²) in [5.41, 5.74) is 2.30. The van der Waals surface area contributed by atoms with Crippen molar-refractivity contribution in [2.45, 2.75) is 32.7 Å². The maximum Gasteiger partial charge on any atom is 0.119 e. The van der Waals surface area contributed by atoms with E-state index in [4.69, 9.17) is 4.74 Å². The minimum Gasteiger partial charge on any atom is -0.497 e. The number of hydrogen-bond donors (Lipinski definition) is 0. The molecule has 0 fully saturated rings. The van der Waals surface area contributed by atoms with Gasteiger partial charge in [0.25, 0.3) is 0 Å². The Balaban J connectivity index is 2.08. The lowest BCUT2D eigenvalue weighted by atomic mass is 9.96. The van der Waals surface area contributed by atoms with Crippen molar-refractivity contribution in [1.82, 2.24) is 15.0 Å². The zero-order valence-electron chi connectivity index (χ0n) is 11.1. The zero-order valence-corrected chi connectivity index (χ0v) is 11.1. The Morgan fingerprint density at radius 3 is 2.89 bits per heavy atom. The monoisotopic (exact) mass is 245 g/mol. The number of rotatable bonds is 5. The summed E-state index contributed by atoms with van der Waals surface area (Å²) in [6, 6.07) is 8.18. The van der Waals surface area contributed by atoms with Gasteiger partial charge in [-0.2, -0.15) is 0 Å². The number of methoxy groups -OCH3 is 1. The van der Waals surface area contributed by atoms with Crippen LogP contribution in [0.3, 0.4) is 0 Å². The van der Waals surface area contributed by atoms with Gasteiger partial charge in [0.2, 0.25) is 0 Å². The first-order valence-corrected chi connectivity index (χ1v) is 6.26. The molecule has 1 aromatic heterocycles. The van der Waals surface area contributed by atoms with Crippen molar-refractivity contribution in [2.24, 2.45) is 0 Å². The molecule has 2 aromatic rings. The number of aromatic nitrogens is 3. The summed E-state index contributed by atoms with van der Waals surface area (Å²) < 4.78 is 7.10. The maximum absolute atomic E-state index is 5.24. The van der Waals surface area contributed by atoms with E-state index in [1.807, 2.05) is 23.0 Å². The molecule has 0 aliphatic rings. The number of aryl methyl sites for hydroxylation is 1. The fraction of sp³-hybridized carbons (Fsp3) is 0.429. The third-order valence-electron chi connectivity index (χ3n) is 3.09. The molecule has 0 N–H and O–H groups in total. The second-order valence-electron chi connectivity index (χ2n) is 4.45. The molecule has 0 radical (unpaired) electrons. The topological polar surface area (TPSA) is 39.9 Å². The fourth-order valence-corrected chi connectivity index (χ4v) is 1.97. The third kappa shape index (κ3) is 2.88. The summed E-state index contributed by atoms with van der Waals surface area (Å²) in [5.74, 6) is 1.30. The molecule has 0 aliphatic heterocycles. The van der Waals surface area contributed by atoms with Crippen LogP contribution in [0.5, 0.6) is 5.75 Å². The van der Waals surface area contributed by atoms with Crippen molar-refractivity contribution in [2.75, 3.05) is 7.11 Å². The first-order valence-electron chi connectivity index (χ1n) is 6.26. The predicted octanol–water partition coefficient (Wildman–Crippen LogP) is 2.65. The average molecular weight is 245 g/mol. The van der Waals surface area contributed by atoms with Crippen LogP contribution in [0.4, 0.5) is 0 Å². The second-order valence-corrected chi connectivity index (χ2v) is 4.45. The van der Waals surface area contributed by atoms with Crippen LogP contribution in [0.2, 0.25) is 0 Å². The van der Waals surface area contributed by atoms with E-state index >= 15 is 0 Å². The summed E-state index contributed by atoms with van der Waals surface area (Å²) in [5, 5.41) is 8.23. The van der Waals surface area contributed by atoms with E-state index in [1.54, 1.807) is 7.11 Å². The minimum atomic E-state index is 0.405. The fourth-order valence-electron chi connectivity index (χ4n) is 1.97. The van der Waals surface area contributed by atoms with E-state index in [1.165, 1.54) is 5.56 Å². The Morgan fingerprint density at radius 2 is 2.22 bits per heavy atom. The molecule has 0 saturated carbocycles. The van der Waals surface area contributed by atoms with Crippen molar-refractivity contribution in [3.05, 3.63) is 41.7 Å². The highest BCUT2D eigenvalue weighted by molar-refractivity contribution is 5.31. The average Bonchev–Trinajstić information content (AvgIpc) is 2.86. The molecule has 1 unspecified atom stereocenters. The highest BCUT2D eigenvalue weighted by Crippen LogP contribution is 2.23. The summed E-state index contributed by atoms with van der Waals surface area (Å²) >= 11 is 0. The van der Waals surface area contributed by atoms with Crippen LogP contribution in [0, 0.1) is 0 Å². The Hall–Kier alpha value is -1.84. The normalized spacial score (nSPS) is 12.4. The van der Waals surface area contributed by atoms with E-state index in [9.17, 15) is 0 Å². The van der Waals surface area contributed by atoms with Gasteiger partial charge in [0.1, 0.15) is 5.75 Å². The Kier molecular flexibility index (Phi) is 3.97. The molecule has 18 heavy (non-hydrogen) atoms. The van der Waals surface area contributed by atoms with Gasteiger partial charge in [-0.1, -0.05) is 24.3 Å². The van der Waals surface area contributed by atoms with E-state index in [0.29, 0.717) is 5.92 Å². The molecule has 0 saturated heterocycles. The smallest absolute Gasteiger partial charge is 0.119 e. The summed E-state index contributed by atoms with van der Waals surface area (Å²) in [4.78, 5) is 0. The number of ether oxygens (including phenoxy) is 1. The SMILES string of the molecule is CCn1cc(CC(C)c2cccc(OC)c2)nn1. The quantitative estimate of drug-likeness (QED) is 0.813. The lowest BCUT2D eigenvalue weighted by molar-refractivity contribution is 0.414. The number of benzene rings is 1. The molecule has 0 aliphatic carbocycles. The van der Waals surface area contributed by atoms with Crippen molar-refractivity contribution in [3.8, 4) is 5.75 Å². The van der Waals surface area contributed by atoms with Gasteiger partial charge in [0, 0.05) is 12.7 Å². The Morgan fingerprint density at radius 1 is 1.39 bits per heavy atom. The van der Waals surface area contributed by atoms with Crippen molar-refractivity contribution in [3.63, 3.8) is 0 Å². The largest absolute Gasteiger partial charge is 0.497 e. The minimum absolute atomic E-state index is 0.405. The third-order valence-corrected chi connectivity index (χ3v) is 3.09. The molecule has 0 bridgehead atoms. The van der Waals surface area contributed by atoms with Gasteiger partial charge in [0.15, 0.2) is 0 Å². The second kappa shape index (κ2) is 5.67. The Bertz CT molecular complexity index is 507. The number of nitrogens with zero attached hydrogens (tertiary/aromatic N) is 3. The van der Waals surface area contributed by atoms with E-state index < -0.39 is 0 Å². The Labute approximate surface area is 108 Å². The molecule has 1 heterocycles. The highest BCUT2D eigenvalue weighted by Gasteiger charge is 2.10. The van der Waals surface area contributed by atoms with Gasteiger partial charge in [-0.3, -0.25) is 4.68 Å². The molecule has 4 heteroatoms. The van der Waals surface area contributed by atoms with Crippen LogP contribution >= 0.6 is 0 Å². The first kappa shape index (κ1) is 12.6. The van der Waals surface area contributed by atoms with Gasteiger partial charge in [-0.25, -0.2) is 0 Å². The lowest BCUT2D eigenvalue weighted by Gasteiger charge is -2.11. The summed E-state index contributed by atoms with van der Waals surface area (Å²) in [6.07, 6.45) is 2.91. The predicted molar refractivity (Wildman–Crippen MR) is 70.8 cm³/mol. The zero-order chi connectivity index (χ0) is 13.0. The lowest BCUT2D eigenvalue weighted by Crippen LogP contribution is -1.99. The van der Waals surface area contributed by atoms with Crippen LogP contribution in [0.25, 0.3) is 0 Å². The van der Waals surface area contributed by atoms with Crippen LogP contribution in [0.15, 0.2) is 30.5 Å². The van der Waals surface area contributed by atoms with Crippen molar-refractivity contribution in [1.29, 1.82) is 0 Å². The first-order chi connectivity index (χ1) is 8.72. The molecule has 1 aromatic carbocycles. The summed E-state index contributed by atoms with van der Waals surface area (Å²) in [6.45, 7) is 5.12. The van der Waals surface area contributed by atoms with Crippen LogP contribution < -0.4 is 4.74 Å². The molecule has 96 valence electrons. The van der Waals surface area contributed by atoms with Gasteiger partial charge in [-0.15, -0.1) is 5.10 Å². The molecule has 0 amide bonds. The number of hydrogen-bond acceptors (Lipinski definition) is 3. The van der Waals surface area contributed by atoms with E-state index in [0.717, 1.165) is 24.4 Å². The molecular formula is C14H19N3O. The van der Waals surface area contributed by atoms with Gasteiger partial charge in [0.05, 0.1) is 12.8 Å². The summed E-state index contributed by atoms with van der Waals surface area (Å²) in [7, 11) is 1.69. The molecule has 4 nitrogen and oxygen atoms in total. The van der Waals surface area contributed by atoms with Gasteiger partial charge < -0.3 is 4.74 Å². The van der Waals surface area contributed by atoms with E-state index in [-0.39, 0.29) is 0 Å². The standard InChI is InChI=1S/C14H19N3O/c1-4-17-10-13(15-16-17)8-11(2)12-6-5-7-14(9-12)18-3/h5-7,9-11H,4,8H2,1-3H3.